The molecule has 1 aromatic carbocycles. The van der Waals surface area contributed by atoms with Gasteiger partial charge >= 0.3 is 0 Å². The summed E-state index contributed by atoms with van der Waals surface area (Å²) in [4.78, 5) is 0. The van der Waals surface area contributed by atoms with Gasteiger partial charge in [0.25, 0.3) is 0 Å². The number of rotatable bonds is 7. The lowest BCUT2D eigenvalue weighted by molar-refractivity contribution is 0.240. The molecule has 0 unspecified atom stereocenters. The molecule has 0 aliphatic carbocycles. The van der Waals surface area contributed by atoms with E-state index in [2.05, 4.69) is 26.0 Å². The molecule has 106 valence electrons. The summed E-state index contributed by atoms with van der Waals surface area (Å²) in [6.45, 7) is 9.26. The third-order valence-electron chi connectivity index (χ3n) is 3.50. The number of hydrogen-bond donors (Lipinski definition) is 0. The molecule has 0 spiro atoms. The van der Waals surface area contributed by atoms with Gasteiger partial charge in [0.05, 0.1) is 13.7 Å². The first kappa shape index (κ1) is 15.6. The number of allylic oxidation sites excluding steroid dienone is 1. The fourth-order valence-corrected chi connectivity index (χ4v) is 2.06. The Bertz CT molecular complexity index is 418. The molecule has 0 radical (unpaired) electrons. The fourth-order valence-electron chi connectivity index (χ4n) is 2.06. The molecule has 0 N–H and O–H groups in total. The molecule has 19 heavy (non-hydrogen) atoms. The second-order valence-electron chi connectivity index (χ2n) is 4.85. The highest BCUT2D eigenvalue weighted by atomic mass is 16.5. The first-order valence-corrected chi connectivity index (χ1v) is 7.10. The highest BCUT2D eigenvalue weighted by Crippen LogP contribution is 2.30. The van der Waals surface area contributed by atoms with Crippen LogP contribution in [0.25, 0.3) is 6.08 Å². The van der Waals surface area contributed by atoms with Crippen LogP contribution in [0.4, 0.5) is 0 Å². The van der Waals surface area contributed by atoms with Crippen LogP contribution in [0, 0.1) is 12.8 Å². The summed E-state index contributed by atoms with van der Waals surface area (Å²) in [5.41, 5.74) is 2.19. The Kier molecular flexibility index (Phi) is 6.48. The van der Waals surface area contributed by atoms with Crippen LogP contribution in [0.15, 0.2) is 18.2 Å². The van der Waals surface area contributed by atoms with Gasteiger partial charge in [-0.3, -0.25) is 0 Å². The van der Waals surface area contributed by atoms with Crippen molar-refractivity contribution in [2.24, 2.45) is 5.92 Å². The van der Waals surface area contributed by atoms with Gasteiger partial charge in [0.15, 0.2) is 0 Å². The standard InChI is InChI=1S/C17H26O2/c1-6-9-15-11-16(18-5)13(4)10-17(15)19-12-14(7-2)8-3/h6,9-11,14H,7-8,12H2,1-5H3/b9-6+. The predicted molar refractivity (Wildman–Crippen MR) is 82.0 cm³/mol. The maximum atomic E-state index is 6.01. The Labute approximate surface area is 117 Å². The molecule has 0 atom stereocenters. The SMILES string of the molecule is C/C=C/c1cc(OC)c(C)cc1OCC(CC)CC. The van der Waals surface area contributed by atoms with Gasteiger partial charge in [0.2, 0.25) is 0 Å². The van der Waals surface area contributed by atoms with Crippen molar-refractivity contribution in [3.63, 3.8) is 0 Å². The Morgan fingerprint density at radius 3 is 2.37 bits per heavy atom. The molecule has 0 aromatic heterocycles. The second-order valence-corrected chi connectivity index (χ2v) is 4.85. The molecule has 1 aromatic rings. The van der Waals surface area contributed by atoms with E-state index in [0.717, 1.165) is 42.1 Å². The first-order chi connectivity index (χ1) is 9.15. The van der Waals surface area contributed by atoms with Crippen molar-refractivity contribution in [3.8, 4) is 11.5 Å². The molecule has 2 nitrogen and oxygen atoms in total. The Hall–Kier alpha value is -1.44. The van der Waals surface area contributed by atoms with Gasteiger partial charge < -0.3 is 9.47 Å². The van der Waals surface area contributed by atoms with Crippen molar-refractivity contribution >= 4 is 6.08 Å². The zero-order chi connectivity index (χ0) is 14.3. The van der Waals surface area contributed by atoms with Gasteiger partial charge in [-0.1, -0.05) is 38.8 Å². The molecule has 0 fully saturated rings. The number of ether oxygens (including phenoxy) is 2. The summed E-state index contributed by atoms with van der Waals surface area (Å²) in [5, 5.41) is 0. The topological polar surface area (TPSA) is 18.5 Å². The number of methoxy groups -OCH3 is 1. The number of benzene rings is 1. The zero-order valence-corrected chi connectivity index (χ0v) is 12.8. The van der Waals surface area contributed by atoms with Gasteiger partial charge in [-0.15, -0.1) is 0 Å². The monoisotopic (exact) mass is 262 g/mol. The smallest absolute Gasteiger partial charge is 0.127 e. The van der Waals surface area contributed by atoms with Gasteiger partial charge in [0, 0.05) is 5.56 Å². The second kappa shape index (κ2) is 7.88. The first-order valence-electron chi connectivity index (χ1n) is 7.10. The van der Waals surface area contributed by atoms with Crippen molar-refractivity contribution in [2.45, 2.75) is 40.5 Å². The minimum atomic E-state index is 0.626. The zero-order valence-electron chi connectivity index (χ0n) is 12.8. The maximum Gasteiger partial charge on any atom is 0.127 e. The van der Waals surface area contributed by atoms with Crippen molar-refractivity contribution in [3.05, 3.63) is 29.3 Å². The molecule has 0 heterocycles. The van der Waals surface area contributed by atoms with Gasteiger partial charge in [-0.2, -0.15) is 0 Å². The summed E-state index contributed by atoms with van der Waals surface area (Å²) < 4.78 is 11.4. The maximum absolute atomic E-state index is 6.01. The van der Waals surface area contributed by atoms with Crippen LogP contribution in [-0.4, -0.2) is 13.7 Å². The van der Waals surface area contributed by atoms with E-state index in [4.69, 9.17) is 9.47 Å². The molecule has 0 saturated carbocycles. The summed E-state index contributed by atoms with van der Waals surface area (Å²) in [6.07, 6.45) is 6.40. The normalized spacial score (nSPS) is 11.3. The Balaban J connectivity index is 2.95. The lowest BCUT2D eigenvalue weighted by Gasteiger charge is -2.17. The Morgan fingerprint density at radius 1 is 1.16 bits per heavy atom. The minimum Gasteiger partial charge on any atom is -0.496 e. The van der Waals surface area contributed by atoms with E-state index in [0.29, 0.717) is 5.92 Å². The van der Waals surface area contributed by atoms with Crippen LogP contribution in [0.3, 0.4) is 0 Å². The van der Waals surface area contributed by atoms with E-state index < -0.39 is 0 Å². The van der Waals surface area contributed by atoms with Crippen LogP contribution in [0.2, 0.25) is 0 Å². The molecule has 0 aliphatic rings. The molecular formula is C17H26O2. The van der Waals surface area contributed by atoms with Crippen molar-refractivity contribution in [2.75, 3.05) is 13.7 Å². The van der Waals surface area contributed by atoms with Crippen LogP contribution in [-0.2, 0) is 0 Å². The third-order valence-corrected chi connectivity index (χ3v) is 3.50. The predicted octanol–water partition coefficient (Wildman–Crippen LogP) is 4.85. The molecule has 0 bridgehead atoms. The summed E-state index contributed by atoms with van der Waals surface area (Å²) in [5.74, 6) is 2.48. The van der Waals surface area contributed by atoms with E-state index >= 15 is 0 Å². The van der Waals surface area contributed by atoms with Crippen LogP contribution < -0.4 is 9.47 Å². The summed E-state index contributed by atoms with van der Waals surface area (Å²) >= 11 is 0. The van der Waals surface area contributed by atoms with Gasteiger partial charge in [-0.05, 0) is 37.5 Å². The van der Waals surface area contributed by atoms with E-state index in [1.165, 1.54) is 0 Å². The van der Waals surface area contributed by atoms with E-state index in [9.17, 15) is 0 Å². The minimum absolute atomic E-state index is 0.626. The van der Waals surface area contributed by atoms with E-state index in [1.807, 2.05) is 26.0 Å². The van der Waals surface area contributed by atoms with Crippen molar-refractivity contribution < 1.29 is 9.47 Å². The lowest BCUT2D eigenvalue weighted by atomic mass is 10.0. The van der Waals surface area contributed by atoms with Gasteiger partial charge in [0.1, 0.15) is 11.5 Å². The quantitative estimate of drug-likeness (QED) is 0.699. The third kappa shape index (κ3) is 4.30. The van der Waals surface area contributed by atoms with Crippen LogP contribution >= 0.6 is 0 Å². The summed E-state index contributed by atoms with van der Waals surface area (Å²) in [7, 11) is 1.70. The molecular weight excluding hydrogens is 236 g/mol. The van der Waals surface area contributed by atoms with Gasteiger partial charge in [-0.25, -0.2) is 0 Å². The molecule has 1 rings (SSSR count). The average Bonchev–Trinajstić information content (AvgIpc) is 2.42. The Morgan fingerprint density at radius 2 is 1.84 bits per heavy atom. The average molecular weight is 262 g/mol. The van der Waals surface area contributed by atoms with Crippen LogP contribution in [0.5, 0.6) is 11.5 Å². The van der Waals surface area contributed by atoms with E-state index in [1.54, 1.807) is 7.11 Å². The van der Waals surface area contributed by atoms with Crippen LogP contribution in [0.1, 0.15) is 44.7 Å². The lowest BCUT2D eigenvalue weighted by Crippen LogP contribution is -2.10. The summed E-state index contributed by atoms with van der Waals surface area (Å²) in [6, 6.07) is 4.11. The van der Waals surface area contributed by atoms with Crippen molar-refractivity contribution in [1.29, 1.82) is 0 Å². The molecule has 0 saturated heterocycles. The molecule has 0 aliphatic heterocycles. The van der Waals surface area contributed by atoms with E-state index in [-0.39, 0.29) is 0 Å². The van der Waals surface area contributed by atoms with Crippen molar-refractivity contribution in [1.82, 2.24) is 0 Å². The molecule has 0 amide bonds. The number of aryl methyl sites for hydroxylation is 1. The number of hydrogen-bond acceptors (Lipinski definition) is 2. The fraction of sp³-hybridized carbons (Fsp3) is 0.529. The molecule has 2 heteroatoms. The highest BCUT2D eigenvalue weighted by Gasteiger charge is 2.10. The largest absolute Gasteiger partial charge is 0.496 e. The highest BCUT2D eigenvalue weighted by molar-refractivity contribution is 5.61.